The molecule has 5 nitrogen and oxygen atoms in total. The van der Waals surface area contributed by atoms with Crippen molar-refractivity contribution in [2.75, 3.05) is 11.9 Å². The van der Waals surface area contributed by atoms with Crippen molar-refractivity contribution in [2.45, 2.75) is 26.8 Å². The summed E-state index contributed by atoms with van der Waals surface area (Å²) in [4.78, 5) is 8.67. The molecule has 2 heterocycles. The van der Waals surface area contributed by atoms with E-state index in [-0.39, 0.29) is 0 Å². The molecule has 2 aromatic rings. The number of aryl methyl sites for hydroxylation is 1. The third-order valence-corrected chi connectivity index (χ3v) is 2.50. The largest absolute Gasteiger partial charge is 0.369 e. The SMILES string of the molecule is CCCNc1cnc(Cn2nccc2C)cn1. The second-order valence-electron chi connectivity index (χ2n) is 3.95. The fourth-order valence-corrected chi connectivity index (χ4v) is 1.50. The van der Waals surface area contributed by atoms with E-state index in [1.54, 1.807) is 18.6 Å². The van der Waals surface area contributed by atoms with E-state index in [1.807, 2.05) is 17.7 Å². The fourth-order valence-electron chi connectivity index (χ4n) is 1.50. The predicted octanol–water partition coefficient (Wildman–Crippen LogP) is 1.85. The summed E-state index contributed by atoms with van der Waals surface area (Å²) in [7, 11) is 0. The molecule has 0 aromatic carbocycles. The Morgan fingerprint density at radius 1 is 1.29 bits per heavy atom. The number of rotatable bonds is 5. The first-order valence-corrected chi connectivity index (χ1v) is 5.83. The van der Waals surface area contributed by atoms with Crippen molar-refractivity contribution < 1.29 is 0 Å². The van der Waals surface area contributed by atoms with Crippen LogP contribution in [0.1, 0.15) is 24.7 Å². The van der Waals surface area contributed by atoms with Crippen LogP contribution in [0.3, 0.4) is 0 Å². The third kappa shape index (κ3) is 3.03. The number of nitrogens with one attached hydrogen (secondary N) is 1. The summed E-state index contributed by atoms with van der Waals surface area (Å²) >= 11 is 0. The van der Waals surface area contributed by atoms with E-state index in [0.717, 1.165) is 30.2 Å². The van der Waals surface area contributed by atoms with Gasteiger partial charge < -0.3 is 5.32 Å². The third-order valence-electron chi connectivity index (χ3n) is 2.50. The zero-order chi connectivity index (χ0) is 12.1. The van der Waals surface area contributed by atoms with Crippen LogP contribution in [0.2, 0.25) is 0 Å². The maximum absolute atomic E-state index is 4.36. The summed E-state index contributed by atoms with van der Waals surface area (Å²) in [5.74, 6) is 0.827. The van der Waals surface area contributed by atoms with Gasteiger partial charge in [0.05, 0.1) is 24.6 Å². The molecule has 90 valence electrons. The summed E-state index contributed by atoms with van der Waals surface area (Å²) < 4.78 is 1.91. The van der Waals surface area contributed by atoms with Gasteiger partial charge in [-0.1, -0.05) is 6.92 Å². The summed E-state index contributed by atoms with van der Waals surface area (Å²) in [5, 5.41) is 7.41. The van der Waals surface area contributed by atoms with Gasteiger partial charge in [-0.2, -0.15) is 5.10 Å². The molecule has 1 N–H and O–H groups in total. The van der Waals surface area contributed by atoms with E-state index in [2.05, 4.69) is 27.3 Å². The highest BCUT2D eigenvalue weighted by Crippen LogP contribution is 2.04. The quantitative estimate of drug-likeness (QED) is 0.853. The average Bonchev–Trinajstić information content (AvgIpc) is 2.74. The number of aromatic nitrogens is 4. The molecule has 0 saturated carbocycles. The van der Waals surface area contributed by atoms with Crippen molar-refractivity contribution in [3.8, 4) is 0 Å². The van der Waals surface area contributed by atoms with E-state index in [1.165, 1.54) is 0 Å². The Hall–Kier alpha value is -1.91. The zero-order valence-corrected chi connectivity index (χ0v) is 10.2. The monoisotopic (exact) mass is 231 g/mol. The van der Waals surface area contributed by atoms with Gasteiger partial charge in [0.15, 0.2) is 0 Å². The summed E-state index contributed by atoms with van der Waals surface area (Å²) in [6.45, 7) is 5.74. The molecule has 0 unspecified atom stereocenters. The second kappa shape index (κ2) is 5.43. The highest BCUT2D eigenvalue weighted by atomic mass is 15.3. The van der Waals surface area contributed by atoms with Gasteiger partial charge in [-0.25, -0.2) is 4.98 Å². The van der Waals surface area contributed by atoms with Gasteiger partial charge in [0, 0.05) is 18.4 Å². The van der Waals surface area contributed by atoms with Crippen molar-refractivity contribution >= 4 is 5.82 Å². The van der Waals surface area contributed by atoms with Crippen LogP contribution in [0.25, 0.3) is 0 Å². The maximum atomic E-state index is 4.36. The molecule has 2 aromatic heterocycles. The van der Waals surface area contributed by atoms with Crippen LogP contribution in [0.5, 0.6) is 0 Å². The lowest BCUT2D eigenvalue weighted by Gasteiger charge is -2.05. The van der Waals surface area contributed by atoms with Gasteiger partial charge in [-0.05, 0) is 19.4 Å². The molecule has 2 rings (SSSR count). The topological polar surface area (TPSA) is 55.6 Å². The van der Waals surface area contributed by atoms with Crippen molar-refractivity contribution in [2.24, 2.45) is 0 Å². The summed E-state index contributed by atoms with van der Waals surface area (Å²) in [6.07, 6.45) is 6.43. The minimum Gasteiger partial charge on any atom is -0.369 e. The normalized spacial score (nSPS) is 10.5. The fraction of sp³-hybridized carbons (Fsp3) is 0.417. The van der Waals surface area contributed by atoms with Crippen LogP contribution in [0.15, 0.2) is 24.7 Å². The van der Waals surface area contributed by atoms with Gasteiger partial charge >= 0.3 is 0 Å². The van der Waals surface area contributed by atoms with E-state index >= 15 is 0 Å². The standard InChI is InChI=1S/C12H17N5/c1-3-5-13-12-8-14-11(7-15-12)9-17-10(2)4-6-16-17/h4,6-8H,3,5,9H2,1-2H3,(H,13,15). The van der Waals surface area contributed by atoms with Crippen LogP contribution in [-0.2, 0) is 6.54 Å². The molecular formula is C12H17N5. The summed E-state index contributed by atoms with van der Waals surface area (Å²) in [6, 6.07) is 1.98. The maximum Gasteiger partial charge on any atom is 0.144 e. The lowest BCUT2D eigenvalue weighted by atomic mass is 10.4. The first-order valence-electron chi connectivity index (χ1n) is 5.83. The van der Waals surface area contributed by atoms with Crippen molar-refractivity contribution in [1.29, 1.82) is 0 Å². The van der Waals surface area contributed by atoms with Gasteiger partial charge in [0.1, 0.15) is 5.82 Å². The Morgan fingerprint density at radius 3 is 2.76 bits per heavy atom. The molecule has 0 saturated heterocycles. The van der Waals surface area contributed by atoms with Gasteiger partial charge in [0.2, 0.25) is 0 Å². The first kappa shape index (κ1) is 11.6. The Kier molecular flexibility index (Phi) is 3.69. The number of nitrogens with zero attached hydrogens (tertiary/aromatic N) is 4. The highest BCUT2D eigenvalue weighted by Gasteiger charge is 2.01. The Labute approximate surface area is 101 Å². The number of hydrogen-bond acceptors (Lipinski definition) is 4. The van der Waals surface area contributed by atoms with Crippen molar-refractivity contribution in [3.05, 3.63) is 36.0 Å². The van der Waals surface area contributed by atoms with Crippen LogP contribution in [-0.4, -0.2) is 26.3 Å². The molecule has 0 aliphatic carbocycles. The smallest absolute Gasteiger partial charge is 0.144 e. The van der Waals surface area contributed by atoms with Crippen LogP contribution in [0.4, 0.5) is 5.82 Å². The Bertz CT molecular complexity index is 460. The Balaban J connectivity index is 2.01. The van der Waals surface area contributed by atoms with E-state index in [9.17, 15) is 0 Å². The molecule has 17 heavy (non-hydrogen) atoms. The molecule has 0 aliphatic heterocycles. The van der Waals surface area contributed by atoms with Gasteiger partial charge in [-0.15, -0.1) is 0 Å². The van der Waals surface area contributed by atoms with Gasteiger partial charge in [0.25, 0.3) is 0 Å². The molecule has 0 fully saturated rings. The predicted molar refractivity (Wildman–Crippen MR) is 66.9 cm³/mol. The van der Waals surface area contributed by atoms with E-state index < -0.39 is 0 Å². The molecule has 0 amide bonds. The van der Waals surface area contributed by atoms with Crippen LogP contribution >= 0.6 is 0 Å². The Morgan fingerprint density at radius 2 is 2.18 bits per heavy atom. The average molecular weight is 231 g/mol. The number of anilines is 1. The lowest BCUT2D eigenvalue weighted by Crippen LogP contribution is -2.07. The minimum absolute atomic E-state index is 0.667. The molecule has 0 spiro atoms. The molecule has 0 atom stereocenters. The number of hydrogen-bond donors (Lipinski definition) is 1. The van der Waals surface area contributed by atoms with Crippen molar-refractivity contribution in [1.82, 2.24) is 19.7 Å². The van der Waals surface area contributed by atoms with Crippen molar-refractivity contribution in [3.63, 3.8) is 0 Å². The molecule has 0 aliphatic rings. The van der Waals surface area contributed by atoms with Crippen LogP contribution in [0, 0.1) is 6.92 Å². The zero-order valence-electron chi connectivity index (χ0n) is 10.2. The first-order chi connectivity index (χ1) is 8.29. The molecular weight excluding hydrogens is 214 g/mol. The van der Waals surface area contributed by atoms with Crippen LogP contribution < -0.4 is 5.32 Å². The lowest BCUT2D eigenvalue weighted by molar-refractivity contribution is 0.650. The molecule has 5 heteroatoms. The molecule has 0 bridgehead atoms. The second-order valence-corrected chi connectivity index (χ2v) is 3.95. The van der Waals surface area contributed by atoms with E-state index in [0.29, 0.717) is 6.54 Å². The minimum atomic E-state index is 0.667. The van der Waals surface area contributed by atoms with Gasteiger partial charge in [-0.3, -0.25) is 9.67 Å². The highest BCUT2D eigenvalue weighted by molar-refractivity contribution is 5.30. The summed E-state index contributed by atoms with van der Waals surface area (Å²) in [5.41, 5.74) is 2.04. The molecule has 0 radical (unpaired) electrons. The van der Waals surface area contributed by atoms with E-state index in [4.69, 9.17) is 0 Å².